The predicted octanol–water partition coefficient (Wildman–Crippen LogP) is 4.84. The number of nitrogens with one attached hydrogen (secondary N) is 1. The van der Waals surface area contributed by atoms with Crippen LogP contribution in [0.4, 0.5) is 13.2 Å². The van der Waals surface area contributed by atoms with Crippen molar-refractivity contribution >= 4 is 17.0 Å². The van der Waals surface area contributed by atoms with Crippen molar-refractivity contribution in [3.63, 3.8) is 0 Å². The van der Waals surface area contributed by atoms with Gasteiger partial charge in [-0.15, -0.1) is 0 Å². The zero-order valence-corrected chi connectivity index (χ0v) is 19.3. The molecule has 0 amide bonds. The van der Waals surface area contributed by atoms with Crippen LogP contribution in [0.3, 0.4) is 0 Å². The van der Waals surface area contributed by atoms with Gasteiger partial charge < -0.3 is 10.5 Å². The van der Waals surface area contributed by atoms with E-state index in [1.165, 1.54) is 19.4 Å². The average Bonchev–Trinajstić information content (AvgIpc) is 3.22. The molecule has 1 aliphatic carbocycles. The van der Waals surface area contributed by atoms with Crippen molar-refractivity contribution in [2.75, 3.05) is 7.11 Å². The molecule has 3 aromatic rings. The smallest absolute Gasteiger partial charge is 0.418 e. The Morgan fingerprint density at radius 3 is 2.74 bits per heavy atom. The number of methoxy groups -OCH3 is 1. The minimum Gasteiger partial charge on any atom is -0.469 e. The highest BCUT2D eigenvalue weighted by atomic mass is 19.4. The van der Waals surface area contributed by atoms with Gasteiger partial charge in [0.2, 0.25) is 0 Å². The van der Waals surface area contributed by atoms with Crippen molar-refractivity contribution in [2.24, 2.45) is 17.1 Å². The van der Waals surface area contributed by atoms with E-state index in [2.05, 4.69) is 20.2 Å². The molecule has 0 aliphatic heterocycles. The van der Waals surface area contributed by atoms with Gasteiger partial charge in [0, 0.05) is 29.2 Å². The molecule has 0 saturated heterocycles. The number of halogens is 3. The summed E-state index contributed by atoms with van der Waals surface area (Å²) in [5.74, 6) is -0.439. The number of hydrogen-bond acceptors (Lipinski definition) is 6. The van der Waals surface area contributed by atoms with Crippen LogP contribution in [-0.2, 0) is 15.7 Å². The molecular formula is C24H28F3N5O2. The van der Waals surface area contributed by atoms with E-state index in [1.54, 1.807) is 12.1 Å². The van der Waals surface area contributed by atoms with Crippen LogP contribution in [0.2, 0.25) is 0 Å². The van der Waals surface area contributed by atoms with E-state index in [0.29, 0.717) is 42.4 Å². The predicted molar refractivity (Wildman–Crippen MR) is 121 cm³/mol. The Hall–Kier alpha value is -3.01. The summed E-state index contributed by atoms with van der Waals surface area (Å²) in [5, 5.41) is 7.17. The Kier molecular flexibility index (Phi) is 6.37. The number of hydrogen-bond donors (Lipinski definition) is 2. The standard InChI is InChI=1S/C24H28F3N5O2/c1-13(2)11-23(22(33)34-3)12-14(6-9-18(23)28)17-8-7-16(24(25,26)27)20(30-17)19-15-5-4-10-29-21(15)32-31-19/h4-5,7-8,10,13-14,18H,6,9,11-12,28H2,1-3H3,(H,29,31,32). The molecule has 0 aromatic carbocycles. The third-order valence-corrected chi connectivity index (χ3v) is 6.72. The maximum absolute atomic E-state index is 13.9. The average molecular weight is 476 g/mol. The lowest BCUT2D eigenvalue weighted by molar-refractivity contribution is -0.158. The van der Waals surface area contributed by atoms with Gasteiger partial charge in [0.25, 0.3) is 0 Å². The highest BCUT2D eigenvalue weighted by molar-refractivity contribution is 5.90. The maximum Gasteiger partial charge on any atom is 0.418 e. The molecule has 1 fully saturated rings. The highest BCUT2D eigenvalue weighted by Crippen LogP contribution is 2.48. The molecule has 0 bridgehead atoms. The second-order valence-corrected chi connectivity index (χ2v) is 9.43. The fourth-order valence-electron chi connectivity index (χ4n) is 5.24. The van der Waals surface area contributed by atoms with E-state index >= 15 is 0 Å². The number of pyridine rings is 2. The van der Waals surface area contributed by atoms with Crippen molar-refractivity contribution in [2.45, 2.75) is 57.7 Å². The number of ether oxygens (including phenoxy) is 1. The number of nitrogens with zero attached hydrogens (tertiary/aromatic N) is 3. The first kappa shape index (κ1) is 24.1. The lowest BCUT2D eigenvalue weighted by Gasteiger charge is -2.44. The molecule has 182 valence electrons. The summed E-state index contributed by atoms with van der Waals surface area (Å²) in [6.45, 7) is 4.01. The quantitative estimate of drug-likeness (QED) is 0.512. The highest BCUT2D eigenvalue weighted by Gasteiger charge is 2.50. The van der Waals surface area contributed by atoms with E-state index in [0.717, 1.165) is 6.07 Å². The van der Waals surface area contributed by atoms with Crippen molar-refractivity contribution in [1.82, 2.24) is 20.2 Å². The van der Waals surface area contributed by atoms with Gasteiger partial charge in [-0.3, -0.25) is 14.9 Å². The Balaban J connectivity index is 1.81. The van der Waals surface area contributed by atoms with Crippen LogP contribution in [-0.4, -0.2) is 39.3 Å². The van der Waals surface area contributed by atoms with Crippen molar-refractivity contribution in [3.05, 3.63) is 41.7 Å². The van der Waals surface area contributed by atoms with Gasteiger partial charge in [-0.25, -0.2) is 4.98 Å². The van der Waals surface area contributed by atoms with Crippen molar-refractivity contribution in [1.29, 1.82) is 0 Å². The van der Waals surface area contributed by atoms with E-state index < -0.39 is 23.2 Å². The molecule has 7 nitrogen and oxygen atoms in total. The van der Waals surface area contributed by atoms with Crippen molar-refractivity contribution in [3.8, 4) is 11.4 Å². The van der Waals surface area contributed by atoms with Crippen molar-refractivity contribution < 1.29 is 22.7 Å². The number of fused-ring (bicyclic) bond motifs is 1. The normalized spacial score (nSPS) is 23.4. The van der Waals surface area contributed by atoms with Crippen LogP contribution in [0.25, 0.3) is 22.4 Å². The summed E-state index contributed by atoms with van der Waals surface area (Å²) >= 11 is 0. The first-order chi connectivity index (χ1) is 16.1. The van der Waals surface area contributed by atoms with E-state index in [4.69, 9.17) is 10.5 Å². The third-order valence-electron chi connectivity index (χ3n) is 6.72. The molecule has 10 heteroatoms. The lowest BCUT2D eigenvalue weighted by Crippen LogP contribution is -2.52. The number of carbonyl (C=O) groups excluding carboxylic acids is 1. The van der Waals surface area contributed by atoms with Gasteiger partial charge in [-0.2, -0.15) is 18.3 Å². The van der Waals surface area contributed by atoms with Gasteiger partial charge in [0.1, 0.15) is 5.69 Å². The maximum atomic E-state index is 13.9. The number of aromatic nitrogens is 4. The molecule has 3 N–H and O–H groups in total. The minimum atomic E-state index is -4.61. The van der Waals surface area contributed by atoms with Crippen LogP contribution in [0.1, 0.15) is 56.7 Å². The molecule has 3 heterocycles. The first-order valence-electron chi connectivity index (χ1n) is 11.3. The van der Waals surface area contributed by atoms with E-state index in [9.17, 15) is 18.0 Å². The Morgan fingerprint density at radius 1 is 1.29 bits per heavy atom. The Labute approximate surface area is 195 Å². The lowest BCUT2D eigenvalue weighted by atomic mass is 9.62. The summed E-state index contributed by atoms with van der Waals surface area (Å²) in [6, 6.07) is 5.35. The van der Waals surface area contributed by atoms with Crippen LogP contribution < -0.4 is 5.73 Å². The summed E-state index contributed by atoms with van der Waals surface area (Å²) in [6.07, 6.45) is -1.04. The summed E-state index contributed by atoms with van der Waals surface area (Å²) in [5.41, 5.74) is 5.38. The molecule has 0 radical (unpaired) electrons. The summed E-state index contributed by atoms with van der Waals surface area (Å²) in [7, 11) is 1.34. The zero-order valence-electron chi connectivity index (χ0n) is 19.3. The minimum absolute atomic E-state index is 0.159. The second-order valence-electron chi connectivity index (χ2n) is 9.43. The molecule has 0 spiro atoms. The third kappa shape index (κ3) is 4.26. The van der Waals surface area contributed by atoms with Crippen LogP contribution in [0.5, 0.6) is 0 Å². The molecule has 34 heavy (non-hydrogen) atoms. The van der Waals surface area contributed by atoms with Crippen LogP contribution in [0, 0.1) is 11.3 Å². The zero-order chi connectivity index (χ0) is 24.7. The van der Waals surface area contributed by atoms with E-state index in [1.807, 2.05) is 13.8 Å². The fourth-order valence-corrected chi connectivity index (χ4v) is 5.24. The number of H-pyrrole nitrogens is 1. The number of aromatic amines is 1. The molecule has 3 unspecified atom stereocenters. The molecule has 1 saturated carbocycles. The Morgan fingerprint density at radius 2 is 2.06 bits per heavy atom. The topological polar surface area (TPSA) is 107 Å². The van der Waals surface area contributed by atoms with Gasteiger partial charge in [-0.05, 0) is 55.9 Å². The molecule has 3 aromatic heterocycles. The number of esters is 1. The molecule has 1 aliphatic rings. The summed E-state index contributed by atoms with van der Waals surface area (Å²) < 4.78 is 46.9. The second kappa shape index (κ2) is 8.98. The molecule has 3 atom stereocenters. The summed E-state index contributed by atoms with van der Waals surface area (Å²) in [4.78, 5) is 21.5. The van der Waals surface area contributed by atoms with Gasteiger partial charge in [-0.1, -0.05) is 13.8 Å². The monoisotopic (exact) mass is 475 g/mol. The molecular weight excluding hydrogens is 447 g/mol. The van der Waals surface area contributed by atoms with Crippen LogP contribution in [0.15, 0.2) is 30.5 Å². The number of carbonyl (C=O) groups is 1. The molecule has 4 rings (SSSR count). The Bertz CT molecular complexity index is 1190. The SMILES string of the molecule is COC(=O)C1(CC(C)C)CC(c2ccc(C(F)(F)F)c(-c3[nH]nc4ncccc34)n2)CCC1N. The first-order valence-corrected chi connectivity index (χ1v) is 11.3. The van der Waals surface area contributed by atoms with Gasteiger partial charge in [0.15, 0.2) is 5.65 Å². The van der Waals surface area contributed by atoms with E-state index in [-0.39, 0.29) is 29.2 Å². The number of alkyl halides is 3. The van der Waals surface area contributed by atoms with Gasteiger partial charge in [0.05, 0.1) is 23.8 Å². The fraction of sp³-hybridized carbons (Fsp3) is 0.500. The van der Waals surface area contributed by atoms with Gasteiger partial charge >= 0.3 is 12.1 Å². The van der Waals surface area contributed by atoms with Crippen LogP contribution >= 0.6 is 0 Å². The number of rotatable bonds is 5. The largest absolute Gasteiger partial charge is 0.469 e. The number of nitrogens with two attached hydrogens (primary N) is 1.